The van der Waals surface area contributed by atoms with Crippen LogP contribution in [0.1, 0.15) is 0 Å². The maximum atomic E-state index is 6.64. The molecule has 12 aromatic rings. The third kappa shape index (κ3) is 4.94. The van der Waals surface area contributed by atoms with Gasteiger partial charge in [-0.3, -0.25) is 0 Å². The predicted molar refractivity (Wildman–Crippen MR) is 230 cm³/mol. The quantitative estimate of drug-likeness (QED) is 0.176. The predicted octanol–water partition coefficient (Wildman–Crippen LogP) is 13.4. The van der Waals surface area contributed by atoms with Crippen molar-refractivity contribution in [2.24, 2.45) is 0 Å². The van der Waals surface area contributed by atoms with Gasteiger partial charge < -0.3 is 13.4 Å². The number of furan rings is 2. The topological polar surface area (TPSA) is 69.9 Å². The average Bonchev–Trinajstić information content (AvgIpc) is 3.96. The van der Waals surface area contributed by atoms with E-state index in [9.17, 15) is 0 Å². The molecule has 0 bridgehead atoms. The molecule has 0 radical (unpaired) electrons. The second kappa shape index (κ2) is 12.3. The van der Waals surface area contributed by atoms with E-state index in [0.717, 1.165) is 82.9 Å². The van der Waals surface area contributed by atoms with Gasteiger partial charge in [0, 0.05) is 54.7 Å². The average molecular weight is 731 g/mol. The van der Waals surface area contributed by atoms with Crippen molar-refractivity contribution in [1.29, 1.82) is 0 Å². The van der Waals surface area contributed by atoms with E-state index in [1.807, 2.05) is 66.7 Å². The van der Waals surface area contributed by atoms with E-state index in [2.05, 4.69) is 120 Å². The molecule has 12 rings (SSSR count). The standard InChI is InChI=1S/C51H30N4O2/c1-3-13-31(14-4-1)49-52-50(54-51(53-49)40-20-12-24-45-48(40)38-18-8-10-22-43(38)56-45)33-26-28-39-46(30-33)57-44-23-11-19-35(47(39)44)32-25-27-37-36-17-7-9-21-41(36)55(42(37)29-32)34-15-5-2-6-16-34/h1-30H. The van der Waals surface area contributed by atoms with Crippen LogP contribution in [0.15, 0.2) is 191 Å². The molecule has 0 spiro atoms. The summed E-state index contributed by atoms with van der Waals surface area (Å²) in [4.78, 5) is 15.2. The molecular weight excluding hydrogens is 701 g/mol. The Morgan fingerprint density at radius 3 is 1.72 bits per heavy atom. The number of fused-ring (bicyclic) bond motifs is 9. The van der Waals surface area contributed by atoms with E-state index < -0.39 is 0 Å². The summed E-state index contributed by atoms with van der Waals surface area (Å²) in [6.45, 7) is 0. The zero-order valence-electron chi connectivity index (χ0n) is 30.4. The van der Waals surface area contributed by atoms with Gasteiger partial charge in [-0.15, -0.1) is 0 Å². The van der Waals surface area contributed by atoms with E-state index in [0.29, 0.717) is 17.5 Å². The summed E-state index contributed by atoms with van der Waals surface area (Å²) in [5, 5.41) is 6.55. The number of hydrogen-bond donors (Lipinski definition) is 0. The summed E-state index contributed by atoms with van der Waals surface area (Å²) in [6.07, 6.45) is 0. The Kier molecular flexibility index (Phi) is 6.83. The fraction of sp³-hybridized carbons (Fsp3) is 0. The van der Waals surface area contributed by atoms with Crippen molar-refractivity contribution in [3.8, 4) is 51.0 Å². The first-order valence-electron chi connectivity index (χ1n) is 19.0. The lowest BCUT2D eigenvalue weighted by Crippen LogP contribution is -2.00. The van der Waals surface area contributed by atoms with Gasteiger partial charge in [-0.05, 0) is 65.7 Å². The molecule has 6 nitrogen and oxygen atoms in total. The van der Waals surface area contributed by atoms with E-state index in [1.54, 1.807) is 0 Å². The first kappa shape index (κ1) is 31.5. The molecule has 0 N–H and O–H groups in total. The van der Waals surface area contributed by atoms with Crippen molar-refractivity contribution < 1.29 is 8.83 Å². The van der Waals surface area contributed by atoms with Crippen molar-refractivity contribution in [2.45, 2.75) is 0 Å². The van der Waals surface area contributed by atoms with Crippen LogP contribution in [0.3, 0.4) is 0 Å². The van der Waals surface area contributed by atoms with Gasteiger partial charge in [0.15, 0.2) is 17.5 Å². The maximum absolute atomic E-state index is 6.64. The normalized spacial score (nSPS) is 11.9. The van der Waals surface area contributed by atoms with Crippen molar-refractivity contribution >= 4 is 65.7 Å². The minimum atomic E-state index is 0.561. The Morgan fingerprint density at radius 1 is 0.333 bits per heavy atom. The van der Waals surface area contributed by atoms with E-state index >= 15 is 0 Å². The number of hydrogen-bond acceptors (Lipinski definition) is 5. The zero-order chi connectivity index (χ0) is 37.5. The molecule has 4 heterocycles. The number of para-hydroxylation sites is 3. The highest BCUT2D eigenvalue weighted by atomic mass is 16.3. The van der Waals surface area contributed by atoms with Crippen LogP contribution in [0.4, 0.5) is 0 Å². The van der Waals surface area contributed by atoms with Gasteiger partial charge in [0.2, 0.25) is 0 Å². The molecule has 0 unspecified atom stereocenters. The lowest BCUT2D eigenvalue weighted by atomic mass is 9.98. The lowest BCUT2D eigenvalue weighted by Gasteiger charge is -2.10. The van der Waals surface area contributed by atoms with Crippen molar-refractivity contribution in [3.63, 3.8) is 0 Å². The Morgan fingerprint density at radius 2 is 0.895 bits per heavy atom. The van der Waals surface area contributed by atoms with Crippen LogP contribution in [0, 0.1) is 0 Å². The molecule has 0 amide bonds. The molecule has 0 fully saturated rings. The molecule has 0 aliphatic rings. The van der Waals surface area contributed by atoms with E-state index in [1.165, 1.54) is 16.3 Å². The summed E-state index contributed by atoms with van der Waals surface area (Å²) in [5.74, 6) is 1.73. The molecule has 0 atom stereocenters. The van der Waals surface area contributed by atoms with Crippen LogP contribution >= 0.6 is 0 Å². The fourth-order valence-electron chi connectivity index (χ4n) is 8.50. The van der Waals surface area contributed by atoms with E-state index in [4.69, 9.17) is 23.8 Å². The second-order valence-corrected chi connectivity index (χ2v) is 14.4. The van der Waals surface area contributed by atoms with Crippen LogP contribution in [-0.2, 0) is 0 Å². The first-order valence-corrected chi connectivity index (χ1v) is 19.0. The minimum absolute atomic E-state index is 0.561. The SMILES string of the molecule is c1ccc(-c2nc(-c3ccc4c(c3)oc3cccc(-c5ccc6c7ccccc7n(-c7ccccc7)c6c5)c34)nc(-c3cccc4oc5ccccc5c34)n2)cc1. The molecule has 6 heteroatoms. The Bertz CT molecular complexity index is 3530. The Labute approximate surface area is 325 Å². The highest BCUT2D eigenvalue weighted by Gasteiger charge is 2.20. The summed E-state index contributed by atoms with van der Waals surface area (Å²) in [5.41, 5.74) is 11.5. The van der Waals surface area contributed by atoms with Gasteiger partial charge in [0.1, 0.15) is 22.3 Å². The molecule has 266 valence electrons. The van der Waals surface area contributed by atoms with Crippen molar-refractivity contribution in [1.82, 2.24) is 19.5 Å². The summed E-state index contributed by atoms with van der Waals surface area (Å²) in [7, 11) is 0. The molecule has 57 heavy (non-hydrogen) atoms. The third-order valence-electron chi connectivity index (χ3n) is 11.1. The summed E-state index contributed by atoms with van der Waals surface area (Å²) < 4.78 is 15.2. The van der Waals surface area contributed by atoms with Gasteiger partial charge in [-0.25, -0.2) is 15.0 Å². The second-order valence-electron chi connectivity index (χ2n) is 14.4. The van der Waals surface area contributed by atoms with Gasteiger partial charge >= 0.3 is 0 Å². The van der Waals surface area contributed by atoms with Crippen LogP contribution in [0.2, 0.25) is 0 Å². The van der Waals surface area contributed by atoms with Gasteiger partial charge in [-0.2, -0.15) is 0 Å². The molecule has 0 aliphatic carbocycles. The Hall–Kier alpha value is -7.83. The van der Waals surface area contributed by atoms with Gasteiger partial charge in [-0.1, -0.05) is 127 Å². The van der Waals surface area contributed by atoms with Crippen molar-refractivity contribution in [2.75, 3.05) is 0 Å². The third-order valence-corrected chi connectivity index (χ3v) is 11.1. The highest BCUT2D eigenvalue weighted by molar-refractivity contribution is 6.15. The molecule has 0 saturated carbocycles. The minimum Gasteiger partial charge on any atom is -0.456 e. The van der Waals surface area contributed by atoms with Crippen LogP contribution in [-0.4, -0.2) is 19.5 Å². The molecular formula is C51H30N4O2. The number of benzene rings is 8. The number of aromatic nitrogens is 4. The lowest BCUT2D eigenvalue weighted by molar-refractivity contribution is 0.668. The maximum Gasteiger partial charge on any atom is 0.164 e. The Balaban J connectivity index is 1.03. The van der Waals surface area contributed by atoms with Crippen LogP contribution in [0.25, 0.3) is 117 Å². The van der Waals surface area contributed by atoms with Crippen LogP contribution in [0.5, 0.6) is 0 Å². The van der Waals surface area contributed by atoms with Gasteiger partial charge in [0.05, 0.1) is 11.0 Å². The first-order chi connectivity index (χ1) is 28.2. The molecule has 0 saturated heterocycles. The summed E-state index contributed by atoms with van der Waals surface area (Å²) >= 11 is 0. The molecule has 8 aromatic carbocycles. The molecule has 4 aromatic heterocycles. The van der Waals surface area contributed by atoms with Crippen LogP contribution < -0.4 is 0 Å². The zero-order valence-corrected chi connectivity index (χ0v) is 30.4. The number of nitrogens with zero attached hydrogens (tertiary/aromatic N) is 4. The molecule has 0 aliphatic heterocycles. The van der Waals surface area contributed by atoms with Crippen molar-refractivity contribution in [3.05, 3.63) is 182 Å². The largest absolute Gasteiger partial charge is 0.456 e. The number of rotatable bonds is 5. The van der Waals surface area contributed by atoms with Gasteiger partial charge in [0.25, 0.3) is 0 Å². The fourth-order valence-corrected chi connectivity index (χ4v) is 8.50. The highest BCUT2D eigenvalue weighted by Crippen LogP contribution is 2.41. The monoisotopic (exact) mass is 730 g/mol. The smallest absolute Gasteiger partial charge is 0.164 e. The summed E-state index contributed by atoms with van der Waals surface area (Å²) in [6, 6.07) is 62.7. The van der Waals surface area contributed by atoms with E-state index in [-0.39, 0.29) is 0 Å².